The van der Waals surface area contributed by atoms with Gasteiger partial charge >= 0.3 is 11.9 Å². The second-order valence-electron chi connectivity index (χ2n) is 5.71. The van der Waals surface area contributed by atoms with E-state index in [9.17, 15) is 14.4 Å². The summed E-state index contributed by atoms with van der Waals surface area (Å²) in [6, 6.07) is 6.65. The zero-order valence-corrected chi connectivity index (χ0v) is 15.7. The molecule has 0 aliphatic heterocycles. The highest BCUT2D eigenvalue weighted by atomic mass is 32.1. The molecule has 0 N–H and O–H groups in total. The van der Waals surface area contributed by atoms with Crippen molar-refractivity contribution in [3.63, 3.8) is 0 Å². The fraction of sp³-hybridized carbons (Fsp3) is 0.158. The largest absolute Gasteiger partial charge is 0.466 e. The maximum atomic E-state index is 12.5. The molecule has 3 aromatic rings. The second kappa shape index (κ2) is 7.55. The zero-order chi connectivity index (χ0) is 19.6. The topological polar surface area (TPSA) is 87.5 Å². The molecule has 3 rings (SSSR count). The summed E-state index contributed by atoms with van der Waals surface area (Å²) in [5, 5.41) is 0.431. The van der Waals surface area contributed by atoms with Gasteiger partial charge in [0, 0.05) is 13.1 Å². The number of hydrogen-bond donors (Lipinski definition) is 0. The van der Waals surface area contributed by atoms with Crippen molar-refractivity contribution in [2.75, 3.05) is 7.11 Å². The lowest BCUT2D eigenvalue weighted by molar-refractivity contribution is -0.134. The molecule has 0 saturated carbocycles. The Kier molecular flexibility index (Phi) is 5.18. The van der Waals surface area contributed by atoms with Crippen molar-refractivity contribution in [3.05, 3.63) is 63.0 Å². The molecule has 0 aliphatic rings. The molecule has 2 aromatic heterocycles. The van der Waals surface area contributed by atoms with Crippen LogP contribution in [0.25, 0.3) is 16.3 Å². The Bertz CT molecular complexity index is 1110. The van der Waals surface area contributed by atoms with Crippen LogP contribution in [-0.4, -0.2) is 28.6 Å². The highest BCUT2D eigenvalue weighted by Crippen LogP contribution is 2.28. The van der Waals surface area contributed by atoms with E-state index >= 15 is 0 Å². The zero-order valence-electron chi connectivity index (χ0n) is 14.9. The van der Waals surface area contributed by atoms with E-state index in [4.69, 9.17) is 4.74 Å². The number of hydrogen-bond acceptors (Lipinski definition) is 7. The van der Waals surface area contributed by atoms with Gasteiger partial charge in [-0.15, -0.1) is 11.3 Å². The van der Waals surface area contributed by atoms with Crippen LogP contribution >= 0.6 is 11.3 Å². The first-order valence-electron chi connectivity index (χ1n) is 7.93. The van der Waals surface area contributed by atoms with Crippen LogP contribution in [0.4, 0.5) is 0 Å². The monoisotopic (exact) mass is 384 g/mol. The van der Waals surface area contributed by atoms with Crippen LogP contribution in [0, 0.1) is 6.92 Å². The Balaban J connectivity index is 1.82. The van der Waals surface area contributed by atoms with E-state index in [1.54, 1.807) is 44.3 Å². The molecule has 0 fully saturated rings. The van der Waals surface area contributed by atoms with E-state index in [-0.39, 0.29) is 5.56 Å². The minimum absolute atomic E-state index is 0.199. The minimum Gasteiger partial charge on any atom is -0.466 e. The van der Waals surface area contributed by atoms with Crippen molar-refractivity contribution >= 4 is 39.6 Å². The van der Waals surface area contributed by atoms with Gasteiger partial charge in [-0.2, -0.15) is 0 Å². The lowest BCUT2D eigenvalue weighted by Gasteiger charge is -2.04. The van der Waals surface area contributed by atoms with Crippen molar-refractivity contribution in [2.24, 2.45) is 7.05 Å². The molecule has 0 atom stereocenters. The van der Waals surface area contributed by atoms with Gasteiger partial charge in [-0.1, -0.05) is 12.1 Å². The summed E-state index contributed by atoms with van der Waals surface area (Å²) in [6.45, 7) is 1.71. The third-order valence-electron chi connectivity index (χ3n) is 3.90. The maximum Gasteiger partial charge on any atom is 0.354 e. The predicted octanol–water partition coefficient (Wildman–Crippen LogP) is 2.71. The van der Waals surface area contributed by atoms with E-state index in [0.717, 1.165) is 16.9 Å². The Morgan fingerprint density at radius 2 is 1.93 bits per heavy atom. The molecule has 27 heavy (non-hydrogen) atoms. The van der Waals surface area contributed by atoms with E-state index in [2.05, 4.69) is 9.72 Å². The molecule has 0 bridgehead atoms. The van der Waals surface area contributed by atoms with Crippen LogP contribution in [0.1, 0.15) is 20.8 Å². The third kappa shape index (κ3) is 3.80. The number of aryl methyl sites for hydroxylation is 2. The first-order valence-corrected chi connectivity index (χ1v) is 8.75. The lowest BCUT2D eigenvalue weighted by Crippen LogP contribution is -2.17. The highest BCUT2D eigenvalue weighted by Gasteiger charge is 2.20. The summed E-state index contributed by atoms with van der Waals surface area (Å²) < 4.78 is 11.3. The van der Waals surface area contributed by atoms with E-state index in [1.807, 2.05) is 0 Å². The highest BCUT2D eigenvalue weighted by molar-refractivity contribution is 7.20. The number of ether oxygens (including phenoxy) is 2. The molecule has 138 valence electrons. The number of benzene rings is 1. The summed E-state index contributed by atoms with van der Waals surface area (Å²) >= 11 is 1.13. The van der Waals surface area contributed by atoms with E-state index in [1.165, 1.54) is 24.1 Å². The van der Waals surface area contributed by atoms with Gasteiger partial charge in [0.25, 0.3) is 5.56 Å². The number of carbonyl (C=O) groups is 2. The number of esters is 2. The molecule has 0 saturated heterocycles. The normalized spacial score (nSPS) is 11.1. The van der Waals surface area contributed by atoms with Crippen molar-refractivity contribution in [2.45, 2.75) is 6.92 Å². The summed E-state index contributed by atoms with van der Waals surface area (Å²) in [5.74, 6) is -0.645. The first-order chi connectivity index (χ1) is 12.9. The molecule has 0 unspecified atom stereocenters. The summed E-state index contributed by atoms with van der Waals surface area (Å²) in [4.78, 5) is 40.9. The number of fused-ring (bicyclic) bond motifs is 1. The SMILES string of the molecule is COC(=O)/C=C/c1ccc(OC(=O)c2sc3ncn(C)c(=O)c3c2C)cc1. The van der Waals surface area contributed by atoms with Crippen LogP contribution < -0.4 is 10.3 Å². The molecule has 1 aromatic carbocycles. The van der Waals surface area contributed by atoms with Gasteiger partial charge in [-0.05, 0) is 36.3 Å². The first kappa shape index (κ1) is 18.5. The fourth-order valence-corrected chi connectivity index (χ4v) is 3.45. The minimum atomic E-state index is -0.546. The van der Waals surface area contributed by atoms with Gasteiger partial charge < -0.3 is 14.0 Å². The molecule has 2 heterocycles. The third-order valence-corrected chi connectivity index (χ3v) is 5.08. The maximum absolute atomic E-state index is 12.5. The molecule has 7 nitrogen and oxygen atoms in total. The summed E-state index contributed by atoms with van der Waals surface area (Å²) in [7, 11) is 2.91. The number of aromatic nitrogens is 2. The average molecular weight is 384 g/mol. The molecular formula is C19H16N2O5S. The van der Waals surface area contributed by atoms with E-state index < -0.39 is 11.9 Å². The van der Waals surface area contributed by atoms with Crippen LogP contribution in [0.15, 0.2) is 41.5 Å². The average Bonchev–Trinajstić information content (AvgIpc) is 3.01. The van der Waals surface area contributed by atoms with Crippen molar-refractivity contribution in [3.8, 4) is 5.75 Å². The number of methoxy groups -OCH3 is 1. The van der Waals surface area contributed by atoms with Crippen molar-refractivity contribution < 1.29 is 19.1 Å². The van der Waals surface area contributed by atoms with Crippen LogP contribution in [0.2, 0.25) is 0 Å². The fourth-order valence-electron chi connectivity index (χ4n) is 2.44. The summed E-state index contributed by atoms with van der Waals surface area (Å²) in [6.07, 6.45) is 4.32. The number of thiophene rings is 1. The molecule has 0 aliphatic carbocycles. The van der Waals surface area contributed by atoms with Crippen LogP contribution in [0.5, 0.6) is 5.75 Å². The number of carbonyl (C=O) groups excluding carboxylic acids is 2. The quantitative estimate of drug-likeness (QED) is 0.390. The van der Waals surface area contributed by atoms with Gasteiger partial charge in [0.2, 0.25) is 0 Å². The molecule has 0 radical (unpaired) electrons. The van der Waals surface area contributed by atoms with Gasteiger partial charge in [-0.3, -0.25) is 4.79 Å². The Labute approximate surface area is 158 Å². The Morgan fingerprint density at radius 3 is 2.59 bits per heavy atom. The number of rotatable bonds is 4. The number of nitrogens with zero attached hydrogens (tertiary/aromatic N) is 2. The Morgan fingerprint density at radius 1 is 1.22 bits per heavy atom. The summed E-state index contributed by atoms with van der Waals surface area (Å²) in [5.41, 5.74) is 1.12. The predicted molar refractivity (Wildman–Crippen MR) is 102 cm³/mol. The molecule has 0 spiro atoms. The molecule has 0 amide bonds. The van der Waals surface area contributed by atoms with Gasteiger partial charge in [-0.25, -0.2) is 14.6 Å². The standard InChI is InChI=1S/C19H16N2O5S/c1-11-15-17(20-10-21(2)18(15)23)27-16(11)19(24)26-13-7-4-12(5-8-13)6-9-14(22)25-3/h4-10H,1-3H3/b9-6+. The van der Waals surface area contributed by atoms with Gasteiger partial charge in [0.05, 0.1) is 18.8 Å². The van der Waals surface area contributed by atoms with Crippen LogP contribution in [-0.2, 0) is 16.6 Å². The lowest BCUT2D eigenvalue weighted by atomic mass is 10.2. The molecule has 8 heteroatoms. The van der Waals surface area contributed by atoms with Gasteiger partial charge in [0.15, 0.2) is 0 Å². The van der Waals surface area contributed by atoms with Crippen molar-refractivity contribution in [1.29, 1.82) is 0 Å². The van der Waals surface area contributed by atoms with Crippen LogP contribution in [0.3, 0.4) is 0 Å². The Hall–Kier alpha value is -3.26. The molecular weight excluding hydrogens is 368 g/mol. The second-order valence-corrected chi connectivity index (χ2v) is 6.71. The van der Waals surface area contributed by atoms with Gasteiger partial charge in [0.1, 0.15) is 15.5 Å². The smallest absolute Gasteiger partial charge is 0.354 e. The van der Waals surface area contributed by atoms with E-state index in [0.29, 0.717) is 26.4 Å². The van der Waals surface area contributed by atoms with Crippen molar-refractivity contribution in [1.82, 2.24) is 9.55 Å².